The summed E-state index contributed by atoms with van der Waals surface area (Å²) < 4.78 is 15.8. The molecule has 25 heavy (non-hydrogen) atoms. The van der Waals surface area contributed by atoms with Gasteiger partial charge in [0.2, 0.25) is 6.10 Å². The third kappa shape index (κ3) is 3.14. The maximum atomic E-state index is 12.5. The summed E-state index contributed by atoms with van der Waals surface area (Å²) in [5.41, 5.74) is 0.705. The van der Waals surface area contributed by atoms with Crippen LogP contribution in [0.1, 0.15) is 20.8 Å². The van der Waals surface area contributed by atoms with E-state index in [1.54, 1.807) is 25.1 Å². The van der Waals surface area contributed by atoms with Gasteiger partial charge in [0.15, 0.2) is 11.5 Å². The fourth-order valence-corrected chi connectivity index (χ4v) is 3.44. The lowest BCUT2D eigenvalue weighted by Gasteiger charge is -2.25. The molecule has 2 aromatic rings. The van der Waals surface area contributed by atoms with Crippen LogP contribution >= 0.6 is 11.3 Å². The van der Waals surface area contributed by atoms with Gasteiger partial charge in [-0.05, 0) is 24.6 Å². The minimum atomic E-state index is -0.856. The standard InChI is InChI=1S/C17H14N2O5S/c1-9-10(7-18)16(25-14(9)17(21)22-2)19-15(20)13-8-23-11-5-3-4-6-12(11)24-13/h3-6,13H,8H2,1-2H3,(H,19,20). The number of carbonyl (C=O) groups excluding carboxylic acids is 2. The van der Waals surface area contributed by atoms with E-state index in [4.69, 9.17) is 14.2 Å². The number of rotatable bonds is 3. The molecule has 0 bridgehead atoms. The average molecular weight is 358 g/mol. The quantitative estimate of drug-likeness (QED) is 0.847. The summed E-state index contributed by atoms with van der Waals surface area (Å²) in [6.07, 6.45) is -0.856. The number of hydrogen-bond acceptors (Lipinski definition) is 7. The summed E-state index contributed by atoms with van der Waals surface area (Å²) in [5.74, 6) is 0.0468. The summed E-state index contributed by atoms with van der Waals surface area (Å²) in [7, 11) is 1.26. The van der Waals surface area contributed by atoms with Crippen molar-refractivity contribution in [1.29, 1.82) is 5.26 Å². The average Bonchev–Trinajstić information content (AvgIpc) is 2.95. The highest BCUT2D eigenvalue weighted by Crippen LogP contribution is 2.34. The van der Waals surface area contributed by atoms with Gasteiger partial charge in [-0.3, -0.25) is 4.79 Å². The minimum absolute atomic E-state index is 0.0545. The van der Waals surface area contributed by atoms with Gasteiger partial charge in [0.1, 0.15) is 22.6 Å². The fourth-order valence-electron chi connectivity index (χ4n) is 2.36. The summed E-state index contributed by atoms with van der Waals surface area (Å²) in [5, 5.41) is 12.2. The van der Waals surface area contributed by atoms with Gasteiger partial charge in [0, 0.05) is 0 Å². The Morgan fingerprint density at radius 1 is 1.36 bits per heavy atom. The molecule has 1 N–H and O–H groups in total. The van der Waals surface area contributed by atoms with Crippen molar-refractivity contribution < 1.29 is 23.8 Å². The number of para-hydroxylation sites is 2. The molecule has 1 amide bonds. The molecule has 0 radical (unpaired) electrons. The predicted octanol–water partition coefficient (Wildman–Crippen LogP) is 2.49. The number of anilines is 1. The molecule has 8 heteroatoms. The molecule has 0 saturated heterocycles. The molecule has 0 aliphatic carbocycles. The van der Waals surface area contributed by atoms with Crippen molar-refractivity contribution in [3.8, 4) is 17.6 Å². The van der Waals surface area contributed by atoms with E-state index in [-0.39, 0.29) is 22.0 Å². The SMILES string of the molecule is COC(=O)c1sc(NC(=O)C2COc3ccccc3O2)c(C#N)c1C. The lowest BCUT2D eigenvalue weighted by Crippen LogP contribution is -2.40. The molecular formula is C17H14N2O5S. The molecule has 2 heterocycles. The van der Waals surface area contributed by atoms with Crippen LogP contribution in [0.15, 0.2) is 24.3 Å². The number of methoxy groups -OCH3 is 1. The Hall–Kier alpha value is -3.05. The fraction of sp³-hybridized carbons (Fsp3) is 0.235. The highest BCUT2D eigenvalue weighted by Gasteiger charge is 2.29. The molecular weight excluding hydrogens is 344 g/mol. The highest BCUT2D eigenvalue weighted by molar-refractivity contribution is 7.18. The molecule has 128 valence electrons. The van der Waals surface area contributed by atoms with Gasteiger partial charge in [-0.2, -0.15) is 5.26 Å². The smallest absolute Gasteiger partial charge is 0.348 e. The first-order valence-electron chi connectivity index (χ1n) is 7.36. The van der Waals surface area contributed by atoms with Gasteiger partial charge in [0.05, 0.1) is 12.7 Å². The number of nitrogens with one attached hydrogen (secondary N) is 1. The van der Waals surface area contributed by atoms with Crippen LogP contribution in [0, 0.1) is 18.3 Å². The lowest BCUT2D eigenvalue weighted by molar-refractivity contribution is -0.125. The van der Waals surface area contributed by atoms with Crippen LogP contribution in [-0.2, 0) is 9.53 Å². The molecule has 1 aliphatic heterocycles. The van der Waals surface area contributed by atoms with Crippen LogP contribution in [0.3, 0.4) is 0 Å². The van der Waals surface area contributed by atoms with Crippen molar-refractivity contribution in [2.24, 2.45) is 0 Å². The van der Waals surface area contributed by atoms with Crippen LogP contribution in [0.4, 0.5) is 5.00 Å². The van der Waals surface area contributed by atoms with E-state index in [1.807, 2.05) is 12.1 Å². The van der Waals surface area contributed by atoms with Crippen molar-refractivity contribution in [2.75, 3.05) is 19.0 Å². The Bertz CT molecular complexity index is 884. The summed E-state index contributed by atoms with van der Waals surface area (Å²) >= 11 is 0.996. The largest absolute Gasteiger partial charge is 0.485 e. The number of benzene rings is 1. The van der Waals surface area contributed by atoms with Crippen LogP contribution in [0.2, 0.25) is 0 Å². The molecule has 3 rings (SSSR count). The second kappa shape index (κ2) is 6.83. The molecule has 1 aliphatic rings. The van der Waals surface area contributed by atoms with E-state index in [2.05, 4.69) is 5.32 Å². The van der Waals surface area contributed by atoms with E-state index in [0.717, 1.165) is 11.3 Å². The van der Waals surface area contributed by atoms with E-state index in [0.29, 0.717) is 17.1 Å². The first-order chi connectivity index (χ1) is 12.0. The maximum Gasteiger partial charge on any atom is 0.348 e. The van der Waals surface area contributed by atoms with E-state index in [1.165, 1.54) is 7.11 Å². The zero-order valence-electron chi connectivity index (χ0n) is 13.5. The molecule has 0 spiro atoms. The van der Waals surface area contributed by atoms with Crippen molar-refractivity contribution in [1.82, 2.24) is 0 Å². The van der Waals surface area contributed by atoms with Crippen LogP contribution in [0.5, 0.6) is 11.5 Å². The topological polar surface area (TPSA) is 97.7 Å². The van der Waals surface area contributed by atoms with Gasteiger partial charge in [-0.25, -0.2) is 4.79 Å². The number of amides is 1. The number of ether oxygens (including phenoxy) is 3. The number of fused-ring (bicyclic) bond motifs is 1. The number of esters is 1. The first-order valence-corrected chi connectivity index (χ1v) is 8.18. The van der Waals surface area contributed by atoms with Crippen molar-refractivity contribution in [2.45, 2.75) is 13.0 Å². The highest BCUT2D eigenvalue weighted by atomic mass is 32.1. The zero-order valence-corrected chi connectivity index (χ0v) is 14.3. The van der Waals surface area contributed by atoms with Crippen molar-refractivity contribution in [3.05, 3.63) is 40.3 Å². The predicted molar refractivity (Wildman–Crippen MR) is 90.1 cm³/mol. The number of nitrogens with zero attached hydrogens (tertiary/aromatic N) is 1. The van der Waals surface area contributed by atoms with Gasteiger partial charge in [-0.1, -0.05) is 12.1 Å². The van der Waals surface area contributed by atoms with Gasteiger partial charge in [-0.15, -0.1) is 11.3 Å². The Morgan fingerprint density at radius 3 is 2.76 bits per heavy atom. The Labute approximate surface area is 147 Å². The second-order valence-electron chi connectivity index (χ2n) is 5.22. The number of nitriles is 1. The zero-order chi connectivity index (χ0) is 18.0. The second-order valence-corrected chi connectivity index (χ2v) is 6.24. The monoisotopic (exact) mass is 358 g/mol. The molecule has 0 saturated carbocycles. The van der Waals surface area contributed by atoms with E-state index >= 15 is 0 Å². The third-order valence-corrected chi connectivity index (χ3v) is 4.85. The molecule has 0 fully saturated rings. The maximum absolute atomic E-state index is 12.5. The summed E-state index contributed by atoms with van der Waals surface area (Å²) in [6.45, 7) is 1.69. The lowest BCUT2D eigenvalue weighted by atomic mass is 10.1. The van der Waals surface area contributed by atoms with Crippen LogP contribution < -0.4 is 14.8 Å². The first kappa shape index (κ1) is 16.8. The molecule has 1 unspecified atom stereocenters. The Morgan fingerprint density at radius 2 is 2.08 bits per heavy atom. The van der Waals surface area contributed by atoms with Crippen LogP contribution in [-0.4, -0.2) is 31.7 Å². The molecule has 1 atom stereocenters. The summed E-state index contributed by atoms with van der Waals surface area (Å²) in [4.78, 5) is 24.5. The van der Waals surface area contributed by atoms with E-state index < -0.39 is 18.0 Å². The summed E-state index contributed by atoms with van der Waals surface area (Å²) in [6, 6.07) is 9.05. The Kier molecular flexibility index (Phi) is 4.59. The molecule has 7 nitrogen and oxygen atoms in total. The Balaban J connectivity index is 1.80. The van der Waals surface area contributed by atoms with Crippen molar-refractivity contribution >= 4 is 28.2 Å². The van der Waals surface area contributed by atoms with E-state index in [9.17, 15) is 14.9 Å². The van der Waals surface area contributed by atoms with Gasteiger partial charge < -0.3 is 19.5 Å². The van der Waals surface area contributed by atoms with Gasteiger partial charge in [0.25, 0.3) is 5.91 Å². The molecule has 1 aromatic heterocycles. The minimum Gasteiger partial charge on any atom is -0.485 e. The van der Waals surface area contributed by atoms with Crippen LogP contribution in [0.25, 0.3) is 0 Å². The number of carbonyl (C=O) groups is 2. The van der Waals surface area contributed by atoms with Crippen molar-refractivity contribution in [3.63, 3.8) is 0 Å². The number of hydrogen-bond donors (Lipinski definition) is 1. The molecule has 1 aromatic carbocycles. The third-order valence-electron chi connectivity index (χ3n) is 3.67. The normalized spacial score (nSPS) is 15.2. The van der Waals surface area contributed by atoms with Gasteiger partial charge >= 0.3 is 5.97 Å². The number of thiophene rings is 1.